The Kier molecular flexibility index (Phi) is 11.8. The first-order valence-corrected chi connectivity index (χ1v) is 17.8. The normalized spacial score (nSPS) is 15.5. The number of nitrogens with one attached hydrogen (secondary N) is 2. The number of anilines is 3. The number of aliphatic hydroxyl groups excluding tert-OH is 1. The standard InChI is InChI=1S/C44H42N4O6/c1-31(13-11-22-40(50)47(25-26-49)29-32-14-5-2-6-15-32)44(54)38-28-37(46-42(52)35-19-9-4-10-20-35)23-24-39(38)48(43(44)53)30-33-16-12-21-36(27-33)45-41(51)34-17-7-3-8-18-34/h2-21,23-24,27-28,31,49,54H,22,25-26,29-30H2,1H3,(H,45,51)(H,46,52)/b13-11+/t31-,44+/m0/s1. The molecule has 0 aliphatic carbocycles. The molecule has 0 fully saturated rings. The summed E-state index contributed by atoms with van der Waals surface area (Å²) in [5.41, 5.74) is 2.27. The summed E-state index contributed by atoms with van der Waals surface area (Å²) in [4.78, 5) is 56.6. The fraction of sp³-hybridized carbons (Fsp3) is 0.182. The first-order chi connectivity index (χ1) is 26.2. The van der Waals surface area contributed by atoms with Crippen molar-refractivity contribution in [3.05, 3.63) is 173 Å². The molecule has 2 atom stereocenters. The van der Waals surface area contributed by atoms with E-state index in [-0.39, 0.29) is 43.8 Å². The molecule has 0 saturated heterocycles. The summed E-state index contributed by atoms with van der Waals surface area (Å²) in [5, 5.41) is 27.8. The van der Waals surface area contributed by atoms with Crippen LogP contribution in [0.5, 0.6) is 0 Å². The van der Waals surface area contributed by atoms with E-state index < -0.39 is 17.4 Å². The average Bonchev–Trinajstić information content (AvgIpc) is 3.40. The fourth-order valence-corrected chi connectivity index (χ4v) is 6.56. The van der Waals surface area contributed by atoms with Crippen LogP contribution in [0.3, 0.4) is 0 Å². The minimum atomic E-state index is -2.05. The Hall–Kier alpha value is -6.36. The topological polar surface area (TPSA) is 139 Å². The van der Waals surface area contributed by atoms with Crippen LogP contribution >= 0.6 is 0 Å². The van der Waals surface area contributed by atoms with Gasteiger partial charge >= 0.3 is 0 Å². The maximum absolute atomic E-state index is 14.4. The number of amides is 4. The number of aliphatic hydroxyl groups is 2. The van der Waals surface area contributed by atoms with Gasteiger partial charge in [-0.3, -0.25) is 19.2 Å². The molecule has 10 heteroatoms. The lowest BCUT2D eigenvalue weighted by Crippen LogP contribution is -2.44. The molecule has 0 aromatic heterocycles. The Morgan fingerprint density at radius 3 is 1.94 bits per heavy atom. The molecule has 5 aromatic carbocycles. The van der Waals surface area contributed by atoms with E-state index in [1.807, 2.05) is 48.5 Å². The van der Waals surface area contributed by atoms with Crippen LogP contribution in [0.25, 0.3) is 0 Å². The molecule has 4 amide bonds. The summed E-state index contributed by atoms with van der Waals surface area (Å²) in [6.07, 6.45) is 3.28. The smallest absolute Gasteiger partial charge is 0.264 e. The summed E-state index contributed by atoms with van der Waals surface area (Å²) < 4.78 is 0. The number of carbonyl (C=O) groups is 4. The van der Waals surface area contributed by atoms with E-state index in [9.17, 15) is 29.4 Å². The van der Waals surface area contributed by atoms with Crippen molar-refractivity contribution in [2.75, 3.05) is 28.7 Å². The third-order valence-corrected chi connectivity index (χ3v) is 9.44. The monoisotopic (exact) mass is 722 g/mol. The van der Waals surface area contributed by atoms with Gasteiger partial charge in [-0.25, -0.2) is 0 Å². The molecule has 4 N–H and O–H groups in total. The van der Waals surface area contributed by atoms with Crippen molar-refractivity contribution >= 4 is 40.7 Å². The van der Waals surface area contributed by atoms with Crippen LogP contribution in [0, 0.1) is 5.92 Å². The Balaban J connectivity index is 1.25. The molecule has 0 unspecified atom stereocenters. The van der Waals surface area contributed by atoms with Gasteiger partial charge in [0, 0.05) is 53.5 Å². The summed E-state index contributed by atoms with van der Waals surface area (Å²) >= 11 is 0. The van der Waals surface area contributed by atoms with Crippen molar-refractivity contribution in [3.8, 4) is 0 Å². The van der Waals surface area contributed by atoms with Gasteiger partial charge < -0.3 is 30.6 Å². The predicted molar refractivity (Wildman–Crippen MR) is 209 cm³/mol. The molecule has 1 heterocycles. The van der Waals surface area contributed by atoms with Gasteiger partial charge in [-0.2, -0.15) is 0 Å². The highest BCUT2D eigenvalue weighted by Gasteiger charge is 2.52. The number of benzene rings is 5. The molecule has 274 valence electrons. The number of rotatable bonds is 14. The van der Waals surface area contributed by atoms with Crippen molar-refractivity contribution in [1.29, 1.82) is 0 Å². The van der Waals surface area contributed by atoms with Crippen LogP contribution in [0.15, 0.2) is 146 Å². The number of nitrogens with zero attached hydrogens (tertiary/aromatic N) is 2. The van der Waals surface area contributed by atoms with Crippen LogP contribution in [0.1, 0.15) is 50.8 Å². The SMILES string of the molecule is C[C@@H](/C=C/CC(=O)N(CCO)Cc1ccccc1)[C@]1(O)C(=O)N(Cc2cccc(NC(=O)c3ccccc3)c2)c2ccc(NC(=O)c3ccccc3)cc21. The van der Waals surface area contributed by atoms with E-state index in [1.165, 1.54) is 4.90 Å². The summed E-state index contributed by atoms with van der Waals surface area (Å²) in [6.45, 7) is 2.10. The summed E-state index contributed by atoms with van der Waals surface area (Å²) in [7, 11) is 0. The molecule has 6 rings (SSSR count). The van der Waals surface area contributed by atoms with E-state index in [4.69, 9.17) is 0 Å². The zero-order chi connectivity index (χ0) is 38.1. The summed E-state index contributed by atoms with van der Waals surface area (Å²) in [6, 6.07) is 39.2. The van der Waals surface area contributed by atoms with Gasteiger partial charge in [-0.05, 0) is 65.7 Å². The second kappa shape index (κ2) is 17.0. The van der Waals surface area contributed by atoms with Crippen molar-refractivity contribution in [3.63, 3.8) is 0 Å². The van der Waals surface area contributed by atoms with Crippen LogP contribution < -0.4 is 15.5 Å². The first kappa shape index (κ1) is 37.4. The highest BCUT2D eigenvalue weighted by molar-refractivity contribution is 6.09. The van der Waals surface area contributed by atoms with Crippen molar-refractivity contribution < 1.29 is 29.4 Å². The van der Waals surface area contributed by atoms with Gasteiger partial charge in [0.1, 0.15) is 0 Å². The Morgan fingerprint density at radius 2 is 1.33 bits per heavy atom. The van der Waals surface area contributed by atoms with Gasteiger partial charge in [0.2, 0.25) is 5.91 Å². The molecule has 1 aliphatic heterocycles. The zero-order valence-corrected chi connectivity index (χ0v) is 29.9. The van der Waals surface area contributed by atoms with Crippen molar-refractivity contribution in [2.45, 2.75) is 32.0 Å². The van der Waals surface area contributed by atoms with Crippen LogP contribution in [-0.4, -0.2) is 51.9 Å². The third-order valence-electron chi connectivity index (χ3n) is 9.44. The molecule has 10 nitrogen and oxygen atoms in total. The molecule has 5 aromatic rings. The second-order valence-electron chi connectivity index (χ2n) is 13.2. The van der Waals surface area contributed by atoms with Crippen molar-refractivity contribution in [1.82, 2.24) is 4.90 Å². The molecule has 0 saturated carbocycles. The first-order valence-electron chi connectivity index (χ1n) is 17.8. The molecular weight excluding hydrogens is 681 g/mol. The Labute approximate surface area is 314 Å². The quantitative estimate of drug-likeness (QED) is 0.0962. The van der Waals surface area contributed by atoms with Crippen LogP contribution in [0.4, 0.5) is 17.1 Å². The van der Waals surface area contributed by atoms with Gasteiger partial charge in [0.05, 0.1) is 18.8 Å². The summed E-state index contributed by atoms with van der Waals surface area (Å²) in [5.74, 6) is -2.19. The number of carbonyl (C=O) groups excluding carboxylic acids is 4. The molecular formula is C44H42N4O6. The lowest BCUT2D eigenvalue weighted by atomic mass is 9.82. The van der Waals surface area contributed by atoms with Gasteiger partial charge in [0.15, 0.2) is 5.60 Å². The fourth-order valence-electron chi connectivity index (χ4n) is 6.56. The Morgan fingerprint density at radius 1 is 0.759 bits per heavy atom. The minimum absolute atomic E-state index is 0.00726. The number of hydrogen-bond donors (Lipinski definition) is 4. The maximum Gasteiger partial charge on any atom is 0.264 e. The average molecular weight is 723 g/mol. The molecule has 54 heavy (non-hydrogen) atoms. The van der Waals surface area contributed by atoms with E-state index in [0.29, 0.717) is 45.9 Å². The minimum Gasteiger partial charge on any atom is -0.395 e. The highest BCUT2D eigenvalue weighted by atomic mass is 16.3. The van der Waals surface area contributed by atoms with Gasteiger partial charge in [0.25, 0.3) is 17.7 Å². The van der Waals surface area contributed by atoms with E-state index in [2.05, 4.69) is 10.6 Å². The third kappa shape index (κ3) is 8.47. The Bertz CT molecular complexity index is 2140. The molecule has 0 spiro atoms. The molecule has 0 radical (unpaired) electrons. The lowest BCUT2D eigenvalue weighted by molar-refractivity contribution is -0.139. The number of fused-ring (bicyclic) bond motifs is 1. The molecule has 0 bridgehead atoms. The van der Waals surface area contributed by atoms with Crippen LogP contribution in [-0.2, 0) is 28.3 Å². The van der Waals surface area contributed by atoms with E-state index in [1.54, 1.807) is 109 Å². The van der Waals surface area contributed by atoms with Gasteiger partial charge in [-0.1, -0.05) is 97.9 Å². The predicted octanol–water partition coefficient (Wildman–Crippen LogP) is 6.53. The van der Waals surface area contributed by atoms with Crippen molar-refractivity contribution in [2.24, 2.45) is 5.92 Å². The van der Waals surface area contributed by atoms with E-state index >= 15 is 0 Å². The van der Waals surface area contributed by atoms with E-state index in [0.717, 1.165) is 5.56 Å². The highest BCUT2D eigenvalue weighted by Crippen LogP contribution is 2.47. The number of hydrogen-bond acceptors (Lipinski definition) is 6. The molecule has 1 aliphatic rings. The second-order valence-corrected chi connectivity index (χ2v) is 13.2. The lowest BCUT2D eigenvalue weighted by Gasteiger charge is -2.28. The maximum atomic E-state index is 14.4. The zero-order valence-electron chi connectivity index (χ0n) is 29.9. The van der Waals surface area contributed by atoms with Crippen LogP contribution in [0.2, 0.25) is 0 Å². The van der Waals surface area contributed by atoms with Gasteiger partial charge in [-0.15, -0.1) is 0 Å². The largest absolute Gasteiger partial charge is 0.395 e.